The summed E-state index contributed by atoms with van der Waals surface area (Å²) in [6.07, 6.45) is 12.0. The van der Waals surface area contributed by atoms with Crippen LogP contribution < -0.4 is 10.1 Å². The number of nitrogens with zero attached hydrogens (tertiary/aromatic N) is 4. The number of carbonyl (C=O) groups is 1. The average molecular weight is 424 g/mol. The minimum atomic E-state index is -1.22. The molecule has 0 aliphatic heterocycles. The van der Waals surface area contributed by atoms with Gasteiger partial charge in [0.15, 0.2) is 11.6 Å². The molecule has 0 bridgehead atoms. The molecule has 10 heteroatoms. The molecule has 2 aromatic heterocycles. The van der Waals surface area contributed by atoms with Crippen LogP contribution in [0.3, 0.4) is 0 Å². The summed E-state index contributed by atoms with van der Waals surface area (Å²) < 4.78 is 24.2. The van der Waals surface area contributed by atoms with Crippen LogP contribution in [-0.4, -0.2) is 58.6 Å². The van der Waals surface area contributed by atoms with Crippen molar-refractivity contribution in [1.29, 1.82) is 5.41 Å². The average Bonchev–Trinajstić information content (AvgIpc) is 3.21. The standard InChI is InChI=1S/C21H21FN6O3/c1-28(2)21(29)31-15-12-25-20(26-13-15)17(23)10-19(18-8-9-30-27-18)24-11-14-6-4-3-5-7-16(14)22/h3-10,12-13,16,23-24H,11H2,1-2H3/b19-10-,23-17?. The zero-order valence-corrected chi connectivity index (χ0v) is 16.9. The highest BCUT2D eigenvalue weighted by Crippen LogP contribution is 2.15. The Bertz CT molecular complexity index is 1040. The van der Waals surface area contributed by atoms with E-state index >= 15 is 0 Å². The van der Waals surface area contributed by atoms with E-state index in [9.17, 15) is 9.18 Å². The van der Waals surface area contributed by atoms with Crippen LogP contribution in [-0.2, 0) is 0 Å². The zero-order valence-electron chi connectivity index (χ0n) is 16.9. The summed E-state index contributed by atoms with van der Waals surface area (Å²) in [6, 6.07) is 1.62. The fourth-order valence-corrected chi connectivity index (χ4v) is 2.45. The molecule has 0 aromatic carbocycles. The maximum Gasteiger partial charge on any atom is 0.414 e. The van der Waals surface area contributed by atoms with Crippen molar-refractivity contribution in [3.8, 4) is 5.75 Å². The van der Waals surface area contributed by atoms with E-state index in [0.29, 0.717) is 17.0 Å². The molecule has 3 rings (SSSR count). The molecule has 2 aromatic rings. The van der Waals surface area contributed by atoms with Crippen molar-refractivity contribution in [1.82, 2.24) is 25.3 Å². The third kappa shape index (κ3) is 5.95. The van der Waals surface area contributed by atoms with E-state index in [1.807, 2.05) is 0 Å². The highest BCUT2D eigenvalue weighted by atomic mass is 19.1. The first kappa shape index (κ1) is 21.6. The summed E-state index contributed by atoms with van der Waals surface area (Å²) in [5, 5.41) is 15.3. The lowest BCUT2D eigenvalue weighted by molar-refractivity contribution is 0.171. The van der Waals surface area contributed by atoms with Gasteiger partial charge in [-0.15, -0.1) is 0 Å². The first-order chi connectivity index (χ1) is 14.9. The number of allylic oxidation sites excluding steroid dienone is 6. The fourth-order valence-electron chi connectivity index (χ4n) is 2.45. The van der Waals surface area contributed by atoms with Gasteiger partial charge in [0, 0.05) is 26.7 Å². The number of aromatic nitrogens is 3. The Hall–Kier alpha value is -4.08. The van der Waals surface area contributed by atoms with E-state index in [0.717, 1.165) is 0 Å². The molecule has 1 aliphatic carbocycles. The molecule has 0 saturated carbocycles. The molecule has 31 heavy (non-hydrogen) atoms. The minimum Gasteiger partial charge on any atom is -0.407 e. The SMILES string of the molecule is CN(C)C(=O)Oc1cnc(C(=N)/C=C(\NCC2=CC=CC=CC2F)c2ccon2)nc1. The highest BCUT2D eigenvalue weighted by molar-refractivity contribution is 6.07. The molecule has 160 valence electrons. The Balaban J connectivity index is 1.75. The molecule has 0 spiro atoms. The Labute approximate surface area is 178 Å². The van der Waals surface area contributed by atoms with Crippen molar-refractivity contribution in [3.63, 3.8) is 0 Å². The Morgan fingerprint density at radius 1 is 1.32 bits per heavy atom. The lowest BCUT2D eigenvalue weighted by Gasteiger charge is -2.13. The summed E-state index contributed by atoms with van der Waals surface area (Å²) in [5.74, 6) is 0.264. The second-order valence-electron chi connectivity index (χ2n) is 6.63. The van der Waals surface area contributed by atoms with Gasteiger partial charge in [-0.05, 0) is 17.7 Å². The molecule has 0 saturated heterocycles. The lowest BCUT2D eigenvalue weighted by atomic mass is 10.1. The second-order valence-corrected chi connectivity index (χ2v) is 6.63. The maximum atomic E-state index is 14.2. The van der Waals surface area contributed by atoms with E-state index in [4.69, 9.17) is 14.7 Å². The maximum absolute atomic E-state index is 14.2. The Morgan fingerprint density at radius 3 is 2.77 bits per heavy atom. The fraction of sp³-hybridized carbons (Fsp3) is 0.190. The molecule has 1 unspecified atom stereocenters. The van der Waals surface area contributed by atoms with E-state index in [2.05, 4.69) is 20.4 Å². The topological polar surface area (TPSA) is 117 Å². The molecule has 9 nitrogen and oxygen atoms in total. The number of amides is 1. The Morgan fingerprint density at radius 2 is 2.10 bits per heavy atom. The molecule has 1 atom stereocenters. The zero-order chi connectivity index (χ0) is 22.2. The van der Waals surface area contributed by atoms with Gasteiger partial charge in [0.2, 0.25) is 0 Å². The van der Waals surface area contributed by atoms with E-state index in [1.54, 1.807) is 44.5 Å². The normalized spacial score (nSPS) is 15.8. The molecule has 0 radical (unpaired) electrons. The predicted molar refractivity (Wildman–Crippen MR) is 112 cm³/mol. The van der Waals surface area contributed by atoms with Gasteiger partial charge in [0.05, 0.1) is 18.1 Å². The monoisotopic (exact) mass is 424 g/mol. The van der Waals surface area contributed by atoms with Crippen LogP contribution in [0.15, 0.2) is 71.3 Å². The first-order valence-electron chi connectivity index (χ1n) is 9.28. The van der Waals surface area contributed by atoms with Crippen molar-refractivity contribution < 1.29 is 18.4 Å². The number of alkyl halides is 1. The third-order valence-electron chi connectivity index (χ3n) is 4.09. The number of carbonyl (C=O) groups excluding carboxylic acids is 1. The summed E-state index contributed by atoms with van der Waals surface area (Å²) in [4.78, 5) is 21.0. The van der Waals surface area contributed by atoms with Gasteiger partial charge < -0.3 is 19.5 Å². The molecular formula is C21H21FN6O3. The van der Waals surface area contributed by atoms with Crippen molar-refractivity contribution in [2.75, 3.05) is 20.6 Å². The summed E-state index contributed by atoms with van der Waals surface area (Å²) >= 11 is 0. The van der Waals surface area contributed by atoms with Crippen LogP contribution in [0, 0.1) is 5.41 Å². The molecule has 2 heterocycles. The van der Waals surface area contributed by atoms with Gasteiger partial charge in [-0.25, -0.2) is 19.2 Å². The van der Waals surface area contributed by atoms with Crippen molar-refractivity contribution in [2.45, 2.75) is 6.17 Å². The summed E-state index contributed by atoms with van der Waals surface area (Å²) in [5.41, 5.74) is 1.38. The number of halogens is 1. The van der Waals surface area contributed by atoms with Gasteiger partial charge >= 0.3 is 6.09 Å². The lowest BCUT2D eigenvalue weighted by Crippen LogP contribution is -2.25. The molecule has 1 aliphatic rings. The third-order valence-corrected chi connectivity index (χ3v) is 4.09. The number of nitrogens with one attached hydrogen (secondary N) is 2. The minimum absolute atomic E-state index is 0.0255. The summed E-state index contributed by atoms with van der Waals surface area (Å²) in [7, 11) is 3.11. The highest BCUT2D eigenvalue weighted by Gasteiger charge is 2.14. The van der Waals surface area contributed by atoms with Gasteiger partial charge in [-0.3, -0.25) is 5.41 Å². The van der Waals surface area contributed by atoms with E-state index in [-0.39, 0.29) is 23.8 Å². The molecular weight excluding hydrogens is 403 g/mol. The molecule has 0 fully saturated rings. The van der Waals surface area contributed by atoms with Gasteiger partial charge in [0.1, 0.15) is 23.8 Å². The van der Waals surface area contributed by atoms with Gasteiger partial charge in [-0.2, -0.15) is 0 Å². The predicted octanol–water partition coefficient (Wildman–Crippen LogP) is 2.91. The van der Waals surface area contributed by atoms with Crippen molar-refractivity contribution >= 4 is 17.5 Å². The number of ether oxygens (including phenoxy) is 1. The molecule has 1 amide bonds. The first-order valence-corrected chi connectivity index (χ1v) is 9.28. The number of rotatable bonds is 7. The Kier molecular flexibility index (Phi) is 7.05. The van der Waals surface area contributed by atoms with Crippen LogP contribution in [0.5, 0.6) is 5.75 Å². The van der Waals surface area contributed by atoms with Crippen LogP contribution in [0.25, 0.3) is 5.70 Å². The van der Waals surface area contributed by atoms with Crippen LogP contribution in [0.4, 0.5) is 9.18 Å². The van der Waals surface area contributed by atoms with Gasteiger partial charge in [-0.1, -0.05) is 29.5 Å². The second kappa shape index (κ2) is 10.1. The smallest absolute Gasteiger partial charge is 0.407 e. The molecule has 2 N–H and O–H groups in total. The van der Waals surface area contributed by atoms with Crippen LogP contribution in [0.2, 0.25) is 0 Å². The number of hydrogen-bond donors (Lipinski definition) is 2. The quantitative estimate of drug-likeness (QED) is 0.656. The van der Waals surface area contributed by atoms with E-state index in [1.165, 1.54) is 35.7 Å². The van der Waals surface area contributed by atoms with Crippen molar-refractivity contribution in [3.05, 3.63) is 78.3 Å². The van der Waals surface area contributed by atoms with Crippen molar-refractivity contribution in [2.24, 2.45) is 0 Å². The van der Waals surface area contributed by atoms with Crippen LogP contribution in [0.1, 0.15) is 11.5 Å². The van der Waals surface area contributed by atoms with Gasteiger partial charge in [0.25, 0.3) is 0 Å². The summed E-state index contributed by atoms with van der Waals surface area (Å²) in [6.45, 7) is 0.197. The largest absolute Gasteiger partial charge is 0.414 e. The van der Waals surface area contributed by atoms with Crippen LogP contribution >= 0.6 is 0 Å². The van der Waals surface area contributed by atoms with E-state index < -0.39 is 12.3 Å². The number of hydrogen-bond acceptors (Lipinski definition) is 8.